The van der Waals surface area contributed by atoms with Crippen molar-refractivity contribution >= 4 is 17.9 Å². The molecule has 420 valence electrons. The summed E-state index contributed by atoms with van der Waals surface area (Å²) in [7, 11) is 0. The third-order valence-corrected chi connectivity index (χ3v) is 13.4. The predicted octanol–water partition coefficient (Wildman–Crippen LogP) is 21.1. The van der Waals surface area contributed by atoms with E-state index in [0.29, 0.717) is 19.3 Å². The van der Waals surface area contributed by atoms with Crippen molar-refractivity contribution in [2.24, 2.45) is 0 Å². The highest BCUT2D eigenvalue weighted by Crippen LogP contribution is 2.17. The zero-order valence-corrected chi connectivity index (χ0v) is 48.1. The standard InChI is InChI=1S/C67H116O6/c1-4-7-10-13-16-19-22-24-26-28-30-31-32-33-34-35-36-37-38-40-41-43-45-48-51-54-57-60-66(69)72-63-64(62-71-65(68)59-56-53-50-47-21-18-15-12-9-6-3)73-67(70)61-58-55-52-49-46-44-42-39-29-27-25-23-20-17-14-11-8-5-2/h7,10,16,19,24,26,30-31,33-34,36-37,40-41,64H,4-6,8-9,11-15,17-18,20-23,25,27-29,32,35,38-39,42-63H2,1-3H3/b10-7-,19-16-,26-24-,31-30-,34-33-,37-36-,41-40-. The molecule has 0 saturated carbocycles. The van der Waals surface area contributed by atoms with Crippen LogP contribution in [-0.4, -0.2) is 37.2 Å². The first-order valence-corrected chi connectivity index (χ1v) is 31.1. The van der Waals surface area contributed by atoms with Crippen molar-refractivity contribution in [3.63, 3.8) is 0 Å². The number of hydrogen-bond donors (Lipinski definition) is 0. The lowest BCUT2D eigenvalue weighted by Crippen LogP contribution is -2.30. The van der Waals surface area contributed by atoms with Crippen molar-refractivity contribution in [3.8, 4) is 0 Å². The number of carbonyl (C=O) groups is 3. The molecule has 0 N–H and O–H groups in total. The Balaban J connectivity index is 4.29. The van der Waals surface area contributed by atoms with Crippen molar-refractivity contribution in [1.82, 2.24) is 0 Å². The van der Waals surface area contributed by atoms with E-state index in [4.69, 9.17) is 14.2 Å². The van der Waals surface area contributed by atoms with Gasteiger partial charge in [0, 0.05) is 19.3 Å². The molecule has 1 atom stereocenters. The second kappa shape index (κ2) is 61.1. The molecule has 0 bridgehead atoms. The minimum absolute atomic E-state index is 0.0788. The Bertz CT molecular complexity index is 1400. The Morgan fingerprint density at radius 3 is 0.836 bits per heavy atom. The van der Waals surface area contributed by atoms with E-state index >= 15 is 0 Å². The molecule has 0 amide bonds. The molecule has 0 heterocycles. The first-order chi connectivity index (χ1) is 36.0. The quantitative estimate of drug-likeness (QED) is 0.0261. The van der Waals surface area contributed by atoms with Crippen LogP contribution in [0.15, 0.2) is 85.1 Å². The summed E-state index contributed by atoms with van der Waals surface area (Å²) < 4.78 is 16.9. The van der Waals surface area contributed by atoms with Gasteiger partial charge in [-0.15, -0.1) is 0 Å². The number of unbranched alkanes of at least 4 members (excludes halogenated alkanes) is 31. The van der Waals surface area contributed by atoms with Crippen molar-refractivity contribution in [2.45, 2.75) is 309 Å². The highest BCUT2D eigenvalue weighted by molar-refractivity contribution is 5.71. The van der Waals surface area contributed by atoms with Gasteiger partial charge < -0.3 is 14.2 Å². The molecule has 73 heavy (non-hydrogen) atoms. The summed E-state index contributed by atoms with van der Waals surface area (Å²) in [6.45, 7) is 6.53. The third kappa shape index (κ3) is 59.3. The Kier molecular flexibility index (Phi) is 58.3. The molecule has 0 aromatic rings. The fourth-order valence-electron chi connectivity index (χ4n) is 8.78. The first kappa shape index (κ1) is 69.6. The van der Waals surface area contributed by atoms with E-state index < -0.39 is 6.10 Å². The summed E-state index contributed by atoms with van der Waals surface area (Å²) in [6.07, 6.45) is 80.1. The average molecular weight is 1020 g/mol. The van der Waals surface area contributed by atoms with Crippen molar-refractivity contribution in [1.29, 1.82) is 0 Å². The van der Waals surface area contributed by atoms with Crippen LogP contribution in [0, 0.1) is 0 Å². The van der Waals surface area contributed by atoms with Gasteiger partial charge in [0.15, 0.2) is 6.10 Å². The van der Waals surface area contributed by atoms with Crippen molar-refractivity contribution < 1.29 is 28.6 Å². The van der Waals surface area contributed by atoms with Crippen molar-refractivity contribution in [2.75, 3.05) is 13.2 Å². The van der Waals surface area contributed by atoms with Gasteiger partial charge in [-0.1, -0.05) is 292 Å². The second-order valence-electron chi connectivity index (χ2n) is 20.6. The van der Waals surface area contributed by atoms with Crippen LogP contribution in [0.5, 0.6) is 0 Å². The van der Waals surface area contributed by atoms with Crippen LogP contribution < -0.4 is 0 Å². The molecule has 6 nitrogen and oxygen atoms in total. The lowest BCUT2D eigenvalue weighted by atomic mass is 10.0. The summed E-state index contributed by atoms with van der Waals surface area (Å²) in [6, 6.07) is 0. The number of esters is 3. The average Bonchev–Trinajstić information content (AvgIpc) is 3.39. The summed E-state index contributed by atoms with van der Waals surface area (Å²) in [5.74, 6) is -0.888. The SMILES string of the molecule is CC/C=C\C/C=C\C/C=C\C/C=C\C/C=C\C/C=C\C/C=C\CCCCCCCC(=O)OCC(COC(=O)CCCCCCCCCCCC)OC(=O)CCCCCCCCCCCCCCCCCCCC. The van der Waals surface area contributed by atoms with E-state index in [-0.39, 0.29) is 31.1 Å². The fourth-order valence-corrected chi connectivity index (χ4v) is 8.78. The zero-order valence-electron chi connectivity index (χ0n) is 48.1. The molecule has 0 spiro atoms. The predicted molar refractivity (Wildman–Crippen MR) is 316 cm³/mol. The van der Waals surface area contributed by atoms with Crippen LogP contribution in [0.25, 0.3) is 0 Å². The molecule has 0 radical (unpaired) electrons. The summed E-state index contributed by atoms with van der Waals surface area (Å²) in [5, 5.41) is 0. The van der Waals surface area contributed by atoms with E-state index in [9.17, 15) is 14.4 Å². The van der Waals surface area contributed by atoms with Gasteiger partial charge in [0.2, 0.25) is 0 Å². The van der Waals surface area contributed by atoms with Crippen molar-refractivity contribution in [3.05, 3.63) is 85.1 Å². The maximum Gasteiger partial charge on any atom is 0.306 e. The Morgan fingerprint density at radius 1 is 0.288 bits per heavy atom. The molecule has 6 heteroatoms. The topological polar surface area (TPSA) is 78.9 Å². The lowest BCUT2D eigenvalue weighted by Gasteiger charge is -2.18. The highest BCUT2D eigenvalue weighted by atomic mass is 16.6. The normalized spacial score (nSPS) is 12.6. The molecule has 0 aliphatic carbocycles. The summed E-state index contributed by atoms with van der Waals surface area (Å²) >= 11 is 0. The Labute approximate surface area is 452 Å². The smallest absolute Gasteiger partial charge is 0.306 e. The second-order valence-corrected chi connectivity index (χ2v) is 20.6. The van der Waals surface area contributed by atoms with Crippen LogP contribution in [0.3, 0.4) is 0 Å². The molecule has 0 saturated heterocycles. The van der Waals surface area contributed by atoms with Gasteiger partial charge in [-0.05, 0) is 77.0 Å². The van der Waals surface area contributed by atoms with Crippen LogP contribution in [0.2, 0.25) is 0 Å². The number of rotatable bonds is 56. The Hall–Kier alpha value is -3.41. The van der Waals surface area contributed by atoms with Crippen LogP contribution in [0.1, 0.15) is 303 Å². The van der Waals surface area contributed by atoms with Crippen LogP contribution >= 0.6 is 0 Å². The largest absolute Gasteiger partial charge is 0.462 e. The molecular weight excluding hydrogens is 901 g/mol. The summed E-state index contributed by atoms with van der Waals surface area (Å²) in [5.41, 5.74) is 0. The van der Waals surface area contributed by atoms with Crippen LogP contribution in [-0.2, 0) is 28.6 Å². The third-order valence-electron chi connectivity index (χ3n) is 13.4. The molecule has 0 fully saturated rings. The molecule has 1 unspecified atom stereocenters. The van der Waals surface area contributed by atoms with Gasteiger partial charge in [-0.25, -0.2) is 0 Å². The van der Waals surface area contributed by atoms with Gasteiger partial charge in [-0.2, -0.15) is 0 Å². The minimum Gasteiger partial charge on any atom is -0.462 e. The molecule has 0 aromatic heterocycles. The number of carbonyl (C=O) groups excluding carboxylic acids is 3. The Morgan fingerprint density at radius 2 is 0.534 bits per heavy atom. The van der Waals surface area contributed by atoms with E-state index in [0.717, 1.165) is 122 Å². The maximum atomic E-state index is 12.9. The van der Waals surface area contributed by atoms with E-state index in [1.54, 1.807) is 0 Å². The molecular formula is C67H116O6. The number of hydrogen-bond acceptors (Lipinski definition) is 6. The van der Waals surface area contributed by atoms with E-state index in [1.807, 2.05) is 0 Å². The van der Waals surface area contributed by atoms with Gasteiger partial charge in [0.05, 0.1) is 0 Å². The molecule has 0 rings (SSSR count). The van der Waals surface area contributed by atoms with E-state index in [1.165, 1.54) is 141 Å². The number of allylic oxidation sites excluding steroid dienone is 14. The van der Waals surface area contributed by atoms with Gasteiger partial charge in [0.25, 0.3) is 0 Å². The summed E-state index contributed by atoms with van der Waals surface area (Å²) in [4.78, 5) is 38.2. The minimum atomic E-state index is -0.781. The van der Waals surface area contributed by atoms with E-state index in [2.05, 4.69) is 106 Å². The number of ether oxygens (including phenoxy) is 3. The highest BCUT2D eigenvalue weighted by Gasteiger charge is 2.19. The fraction of sp³-hybridized carbons (Fsp3) is 0.746. The monoisotopic (exact) mass is 1020 g/mol. The molecule has 0 aliphatic rings. The van der Waals surface area contributed by atoms with Crippen LogP contribution in [0.4, 0.5) is 0 Å². The van der Waals surface area contributed by atoms with Gasteiger partial charge >= 0.3 is 17.9 Å². The first-order valence-electron chi connectivity index (χ1n) is 31.1. The molecule has 0 aliphatic heterocycles. The molecule has 0 aromatic carbocycles. The zero-order chi connectivity index (χ0) is 52.9. The van der Waals surface area contributed by atoms with Gasteiger partial charge in [0.1, 0.15) is 13.2 Å². The van der Waals surface area contributed by atoms with Gasteiger partial charge in [-0.3, -0.25) is 14.4 Å². The lowest BCUT2D eigenvalue weighted by molar-refractivity contribution is -0.167. The maximum absolute atomic E-state index is 12.9.